The number of methoxy groups -OCH3 is 1. The van der Waals surface area contributed by atoms with Gasteiger partial charge in [-0.2, -0.15) is 0 Å². The van der Waals surface area contributed by atoms with Crippen molar-refractivity contribution in [1.29, 1.82) is 0 Å². The van der Waals surface area contributed by atoms with Crippen molar-refractivity contribution in [3.8, 4) is 0 Å². The number of hydrogen-bond donors (Lipinski definition) is 1. The molecule has 1 N–H and O–H groups in total. The maximum absolute atomic E-state index is 12.7. The smallest absolute Gasteiger partial charge is 0.220 e. The van der Waals surface area contributed by atoms with E-state index in [0.29, 0.717) is 13.2 Å². The van der Waals surface area contributed by atoms with Crippen molar-refractivity contribution in [3.05, 3.63) is 0 Å². The Morgan fingerprint density at radius 2 is 1.77 bits per heavy atom. The molecule has 0 aliphatic carbocycles. The Hall–Kier alpha value is -0.250. The topological polar surface area (TPSA) is 71.1 Å². The molecule has 0 heterocycles. The lowest BCUT2D eigenvalue weighted by Crippen LogP contribution is -2.54. The van der Waals surface area contributed by atoms with Crippen LogP contribution in [0.5, 0.6) is 0 Å². The molecule has 0 saturated heterocycles. The number of hydrogen-bond acceptors (Lipinski definition) is 6. The summed E-state index contributed by atoms with van der Waals surface area (Å²) in [7, 11) is 1.54. The number of likely N-dealkylation sites (N-methyl/N-ethyl adjacent to an activating group) is 1. The van der Waals surface area contributed by atoms with Gasteiger partial charge in [0.25, 0.3) is 0 Å². The standard InChI is InChI=1S/C14H33N3O4S/c1-8-13(20-7)11-17(6)22(18,19)12(4)14(21-10-3)15-16(5)9-2/h12-15H,8-11H2,1-7H3/t12?,13-,14?/m0/s1. The SMILES string of the molecule is CCOC(NN(C)CC)C(C)S(=O)(=O)N(C)C[C@H](CC)OC. The third-order valence-corrected chi connectivity index (χ3v) is 5.95. The second kappa shape index (κ2) is 10.5. The number of ether oxygens (including phenoxy) is 2. The third-order valence-electron chi connectivity index (χ3n) is 3.75. The van der Waals surface area contributed by atoms with Crippen molar-refractivity contribution in [2.75, 3.05) is 40.9 Å². The first-order valence-electron chi connectivity index (χ1n) is 7.81. The monoisotopic (exact) mass is 339 g/mol. The van der Waals surface area contributed by atoms with Gasteiger partial charge >= 0.3 is 0 Å². The van der Waals surface area contributed by atoms with E-state index in [1.165, 1.54) is 4.31 Å². The zero-order valence-corrected chi connectivity index (χ0v) is 15.8. The first-order chi connectivity index (χ1) is 10.2. The molecule has 0 spiro atoms. The summed E-state index contributed by atoms with van der Waals surface area (Å²) in [5.74, 6) is 0. The summed E-state index contributed by atoms with van der Waals surface area (Å²) in [6.45, 7) is 8.98. The highest BCUT2D eigenvalue weighted by Crippen LogP contribution is 2.14. The van der Waals surface area contributed by atoms with E-state index in [1.54, 1.807) is 21.1 Å². The van der Waals surface area contributed by atoms with E-state index in [1.807, 2.05) is 32.8 Å². The van der Waals surface area contributed by atoms with Crippen molar-refractivity contribution in [2.24, 2.45) is 0 Å². The molecule has 0 aromatic carbocycles. The Kier molecular flexibility index (Phi) is 10.4. The normalized spacial score (nSPS) is 17.0. The molecule has 0 amide bonds. The average molecular weight is 340 g/mol. The predicted octanol–water partition coefficient (Wildman–Crippen LogP) is 0.880. The molecular formula is C14H33N3O4S. The molecule has 3 atom stereocenters. The fourth-order valence-corrected chi connectivity index (χ4v) is 3.36. The lowest BCUT2D eigenvalue weighted by molar-refractivity contribution is -0.0122. The zero-order chi connectivity index (χ0) is 17.3. The maximum Gasteiger partial charge on any atom is 0.220 e. The van der Waals surface area contributed by atoms with Crippen LogP contribution in [0, 0.1) is 0 Å². The number of nitrogens with one attached hydrogen (secondary N) is 1. The van der Waals surface area contributed by atoms with Gasteiger partial charge in [-0.05, 0) is 20.3 Å². The minimum Gasteiger partial charge on any atom is -0.380 e. The largest absolute Gasteiger partial charge is 0.380 e. The Labute approximate surface area is 136 Å². The van der Waals surface area contributed by atoms with E-state index in [0.717, 1.165) is 13.0 Å². The van der Waals surface area contributed by atoms with Crippen LogP contribution >= 0.6 is 0 Å². The summed E-state index contributed by atoms with van der Waals surface area (Å²) < 4.78 is 37.6. The van der Waals surface area contributed by atoms with Gasteiger partial charge in [-0.15, -0.1) is 0 Å². The van der Waals surface area contributed by atoms with Crippen LogP contribution < -0.4 is 5.43 Å². The first-order valence-corrected chi connectivity index (χ1v) is 9.31. The molecule has 0 aromatic rings. The number of rotatable bonds is 12. The Morgan fingerprint density at radius 1 is 1.18 bits per heavy atom. The van der Waals surface area contributed by atoms with Gasteiger partial charge in [0, 0.05) is 40.9 Å². The molecule has 2 unspecified atom stereocenters. The van der Waals surface area contributed by atoms with Gasteiger partial charge in [-0.25, -0.2) is 23.2 Å². The fourth-order valence-electron chi connectivity index (χ4n) is 1.97. The Morgan fingerprint density at radius 3 is 2.18 bits per heavy atom. The zero-order valence-electron chi connectivity index (χ0n) is 15.0. The summed E-state index contributed by atoms with van der Waals surface area (Å²) in [5, 5.41) is 1.11. The van der Waals surface area contributed by atoms with Gasteiger partial charge in [0.05, 0.1) is 6.10 Å². The van der Waals surface area contributed by atoms with Gasteiger partial charge < -0.3 is 9.47 Å². The van der Waals surface area contributed by atoms with E-state index >= 15 is 0 Å². The van der Waals surface area contributed by atoms with Gasteiger partial charge in [0.2, 0.25) is 10.0 Å². The molecule has 0 aliphatic heterocycles. The molecule has 22 heavy (non-hydrogen) atoms. The van der Waals surface area contributed by atoms with Crippen LogP contribution in [0.4, 0.5) is 0 Å². The fraction of sp³-hybridized carbons (Fsp3) is 1.00. The van der Waals surface area contributed by atoms with Crippen LogP contribution in [-0.4, -0.2) is 76.2 Å². The van der Waals surface area contributed by atoms with Gasteiger partial charge in [0.15, 0.2) is 0 Å². The molecular weight excluding hydrogens is 306 g/mol. The highest BCUT2D eigenvalue weighted by Gasteiger charge is 2.34. The molecule has 8 heteroatoms. The number of nitrogens with zero attached hydrogens (tertiary/aromatic N) is 2. The van der Waals surface area contributed by atoms with E-state index in [-0.39, 0.29) is 6.10 Å². The lowest BCUT2D eigenvalue weighted by atomic mass is 10.3. The number of sulfonamides is 1. The van der Waals surface area contributed by atoms with Crippen molar-refractivity contribution >= 4 is 10.0 Å². The van der Waals surface area contributed by atoms with Crippen molar-refractivity contribution < 1.29 is 17.9 Å². The molecule has 0 radical (unpaired) electrons. The van der Waals surface area contributed by atoms with Crippen LogP contribution in [0.2, 0.25) is 0 Å². The Bertz CT molecular complexity index is 388. The average Bonchev–Trinajstić information content (AvgIpc) is 2.50. The van der Waals surface area contributed by atoms with Crippen LogP contribution in [0.3, 0.4) is 0 Å². The van der Waals surface area contributed by atoms with Crippen molar-refractivity contribution in [2.45, 2.75) is 51.7 Å². The summed E-state index contributed by atoms with van der Waals surface area (Å²) in [6, 6.07) is 0. The maximum atomic E-state index is 12.7. The quantitative estimate of drug-likeness (QED) is 0.420. The summed E-state index contributed by atoms with van der Waals surface area (Å²) in [5.41, 5.74) is 3.08. The summed E-state index contributed by atoms with van der Waals surface area (Å²) in [6.07, 6.45) is 0.0602. The highest BCUT2D eigenvalue weighted by molar-refractivity contribution is 7.89. The van der Waals surface area contributed by atoms with Crippen LogP contribution in [-0.2, 0) is 19.5 Å². The van der Waals surface area contributed by atoms with E-state index < -0.39 is 21.5 Å². The molecule has 0 saturated carbocycles. The summed E-state index contributed by atoms with van der Waals surface area (Å²) in [4.78, 5) is 0. The summed E-state index contributed by atoms with van der Waals surface area (Å²) >= 11 is 0. The minimum atomic E-state index is -3.49. The predicted molar refractivity (Wildman–Crippen MR) is 89.0 cm³/mol. The van der Waals surface area contributed by atoms with Gasteiger partial charge in [-0.1, -0.05) is 13.8 Å². The highest BCUT2D eigenvalue weighted by atomic mass is 32.2. The molecule has 0 rings (SSSR count). The van der Waals surface area contributed by atoms with E-state index in [2.05, 4.69) is 5.43 Å². The van der Waals surface area contributed by atoms with Gasteiger partial charge in [-0.3, -0.25) is 0 Å². The van der Waals surface area contributed by atoms with E-state index in [9.17, 15) is 8.42 Å². The lowest BCUT2D eigenvalue weighted by Gasteiger charge is -2.32. The second-order valence-electron chi connectivity index (χ2n) is 5.32. The second-order valence-corrected chi connectivity index (χ2v) is 7.71. The van der Waals surface area contributed by atoms with Crippen molar-refractivity contribution in [3.63, 3.8) is 0 Å². The molecule has 0 aromatic heterocycles. The number of hydrazine groups is 1. The third kappa shape index (κ3) is 6.47. The molecule has 0 bridgehead atoms. The van der Waals surface area contributed by atoms with E-state index in [4.69, 9.17) is 9.47 Å². The van der Waals surface area contributed by atoms with Gasteiger partial charge in [0.1, 0.15) is 11.5 Å². The Balaban J connectivity index is 5.03. The van der Waals surface area contributed by atoms with Crippen molar-refractivity contribution in [1.82, 2.24) is 14.7 Å². The molecule has 134 valence electrons. The first kappa shape index (κ1) is 21.8. The minimum absolute atomic E-state index is 0.108. The van der Waals surface area contributed by atoms with Crippen LogP contribution in [0.15, 0.2) is 0 Å². The molecule has 0 fully saturated rings. The molecule has 0 aliphatic rings. The van der Waals surface area contributed by atoms with Crippen LogP contribution in [0.25, 0.3) is 0 Å². The molecule has 7 nitrogen and oxygen atoms in total. The van der Waals surface area contributed by atoms with Crippen LogP contribution in [0.1, 0.15) is 34.1 Å².